The van der Waals surface area contributed by atoms with Gasteiger partial charge in [-0.3, -0.25) is 0 Å². The topological polar surface area (TPSA) is 29.5 Å². The highest BCUT2D eigenvalue weighted by Gasteiger charge is 2.15. The van der Waals surface area contributed by atoms with Crippen LogP contribution in [0.25, 0.3) is 0 Å². The molecule has 1 aromatic carbocycles. The second-order valence-corrected chi connectivity index (χ2v) is 5.38. The Balaban J connectivity index is 1.86. The van der Waals surface area contributed by atoms with Gasteiger partial charge in [-0.15, -0.1) is 0 Å². The van der Waals surface area contributed by atoms with Crippen LogP contribution in [0.2, 0.25) is 0 Å². The van der Waals surface area contributed by atoms with Crippen molar-refractivity contribution < 1.29 is 9.84 Å². The summed E-state index contributed by atoms with van der Waals surface area (Å²) < 4.78 is 5.86. The van der Waals surface area contributed by atoms with E-state index in [9.17, 15) is 5.11 Å². The minimum absolute atomic E-state index is 0.241. The summed E-state index contributed by atoms with van der Waals surface area (Å²) in [6, 6.07) is 8.15. The van der Waals surface area contributed by atoms with E-state index in [1.165, 1.54) is 25.7 Å². The second kappa shape index (κ2) is 6.79. The summed E-state index contributed by atoms with van der Waals surface area (Å²) in [4.78, 5) is 0. The predicted octanol–water partition coefficient (Wildman–Crippen LogP) is 3.57. The van der Waals surface area contributed by atoms with Crippen molar-refractivity contribution in [2.75, 3.05) is 6.61 Å². The van der Waals surface area contributed by atoms with Crippen molar-refractivity contribution in [1.82, 2.24) is 0 Å². The monoisotopic (exact) mass is 248 g/mol. The molecule has 2 nitrogen and oxygen atoms in total. The molecule has 0 amide bonds. The van der Waals surface area contributed by atoms with E-state index < -0.39 is 0 Å². The molecule has 1 atom stereocenters. The summed E-state index contributed by atoms with van der Waals surface area (Å²) in [6.45, 7) is 2.85. The molecule has 1 aliphatic rings. The van der Waals surface area contributed by atoms with E-state index in [-0.39, 0.29) is 6.10 Å². The molecule has 2 heteroatoms. The fourth-order valence-corrected chi connectivity index (χ4v) is 2.57. The third-order valence-corrected chi connectivity index (χ3v) is 3.80. The molecule has 0 heterocycles. The molecule has 0 radical (unpaired) electrons. The first kappa shape index (κ1) is 13.4. The molecule has 1 saturated carbocycles. The van der Waals surface area contributed by atoms with Crippen LogP contribution in [0.4, 0.5) is 0 Å². The standard InChI is InChI=1S/C16H24O2/c1-2-15(17)10-14-8-5-9-16(11-14)18-12-13-6-3-4-7-13/h5,8-9,11,13,15,17H,2-4,6-7,10,12H2,1H3. The van der Waals surface area contributed by atoms with Gasteiger partial charge in [-0.25, -0.2) is 0 Å². The molecule has 2 rings (SSSR count). The van der Waals surface area contributed by atoms with Gasteiger partial charge in [0, 0.05) is 0 Å². The largest absolute Gasteiger partial charge is 0.493 e. The minimum atomic E-state index is -0.241. The summed E-state index contributed by atoms with van der Waals surface area (Å²) in [7, 11) is 0. The third-order valence-electron chi connectivity index (χ3n) is 3.80. The van der Waals surface area contributed by atoms with Crippen molar-refractivity contribution in [3.8, 4) is 5.75 Å². The van der Waals surface area contributed by atoms with Gasteiger partial charge >= 0.3 is 0 Å². The molecule has 0 aliphatic heterocycles. The molecular weight excluding hydrogens is 224 g/mol. The van der Waals surface area contributed by atoms with Crippen LogP contribution in [-0.2, 0) is 6.42 Å². The maximum atomic E-state index is 9.66. The lowest BCUT2D eigenvalue weighted by Gasteiger charge is -2.13. The summed E-state index contributed by atoms with van der Waals surface area (Å²) >= 11 is 0. The van der Waals surface area contributed by atoms with E-state index in [1.807, 2.05) is 19.1 Å². The van der Waals surface area contributed by atoms with Crippen LogP contribution in [0.5, 0.6) is 5.75 Å². The Bertz CT molecular complexity index is 356. The van der Waals surface area contributed by atoms with E-state index in [0.717, 1.165) is 36.7 Å². The molecule has 1 N–H and O–H groups in total. The average molecular weight is 248 g/mol. The minimum Gasteiger partial charge on any atom is -0.493 e. The molecule has 0 spiro atoms. The fourth-order valence-electron chi connectivity index (χ4n) is 2.57. The van der Waals surface area contributed by atoms with E-state index in [1.54, 1.807) is 0 Å². The van der Waals surface area contributed by atoms with Crippen LogP contribution in [-0.4, -0.2) is 17.8 Å². The van der Waals surface area contributed by atoms with Crippen molar-refractivity contribution in [2.45, 2.75) is 51.6 Å². The van der Waals surface area contributed by atoms with Gasteiger partial charge < -0.3 is 9.84 Å². The van der Waals surface area contributed by atoms with Gasteiger partial charge in [0.2, 0.25) is 0 Å². The third kappa shape index (κ3) is 4.02. The van der Waals surface area contributed by atoms with Gasteiger partial charge in [0.05, 0.1) is 12.7 Å². The Morgan fingerprint density at radius 2 is 2.11 bits per heavy atom. The molecule has 18 heavy (non-hydrogen) atoms. The molecule has 1 fully saturated rings. The zero-order valence-electron chi connectivity index (χ0n) is 11.3. The molecule has 1 unspecified atom stereocenters. The normalized spacial score (nSPS) is 17.9. The van der Waals surface area contributed by atoms with E-state index in [0.29, 0.717) is 0 Å². The predicted molar refractivity (Wildman–Crippen MR) is 73.9 cm³/mol. The fraction of sp³-hybridized carbons (Fsp3) is 0.625. The lowest BCUT2D eigenvalue weighted by Crippen LogP contribution is -2.10. The van der Waals surface area contributed by atoms with Gasteiger partial charge in [-0.1, -0.05) is 31.9 Å². The summed E-state index contributed by atoms with van der Waals surface area (Å²) in [5.41, 5.74) is 1.16. The van der Waals surface area contributed by atoms with Crippen LogP contribution in [0.3, 0.4) is 0 Å². The molecular formula is C16H24O2. The van der Waals surface area contributed by atoms with Crippen molar-refractivity contribution in [3.63, 3.8) is 0 Å². The lowest BCUT2D eigenvalue weighted by atomic mass is 10.1. The van der Waals surface area contributed by atoms with E-state index >= 15 is 0 Å². The van der Waals surface area contributed by atoms with Crippen LogP contribution in [0.15, 0.2) is 24.3 Å². The number of hydrogen-bond acceptors (Lipinski definition) is 2. The van der Waals surface area contributed by atoms with Crippen molar-refractivity contribution >= 4 is 0 Å². The Kier molecular flexibility index (Phi) is 5.06. The van der Waals surface area contributed by atoms with Crippen LogP contribution in [0, 0.1) is 5.92 Å². The number of aliphatic hydroxyl groups is 1. The molecule has 0 aromatic heterocycles. The van der Waals surface area contributed by atoms with Crippen molar-refractivity contribution in [2.24, 2.45) is 5.92 Å². The lowest BCUT2D eigenvalue weighted by molar-refractivity contribution is 0.170. The SMILES string of the molecule is CCC(O)Cc1cccc(OCC2CCCC2)c1. The number of rotatable bonds is 6. The number of benzene rings is 1. The van der Waals surface area contributed by atoms with Gasteiger partial charge in [0.1, 0.15) is 5.75 Å². The quantitative estimate of drug-likeness (QED) is 0.834. The van der Waals surface area contributed by atoms with Gasteiger partial charge in [0.25, 0.3) is 0 Å². The summed E-state index contributed by atoms with van der Waals surface area (Å²) in [5, 5.41) is 9.66. The highest BCUT2D eigenvalue weighted by molar-refractivity contribution is 5.28. The molecule has 1 aliphatic carbocycles. The molecule has 0 saturated heterocycles. The first-order chi connectivity index (χ1) is 8.78. The summed E-state index contributed by atoms with van der Waals surface area (Å²) in [5.74, 6) is 1.69. The maximum Gasteiger partial charge on any atom is 0.119 e. The van der Waals surface area contributed by atoms with E-state index in [2.05, 4.69) is 12.1 Å². The zero-order valence-corrected chi connectivity index (χ0v) is 11.3. The zero-order chi connectivity index (χ0) is 12.8. The summed E-state index contributed by atoms with van der Waals surface area (Å²) in [6.07, 6.45) is 6.62. The van der Waals surface area contributed by atoms with E-state index in [4.69, 9.17) is 4.74 Å². The number of ether oxygens (including phenoxy) is 1. The maximum absolute atomic E-state index is 9.66. The van der Waals surface area contributed by atoms with Crippen molar-refractivity contribution in [3.05, 3.63) is 29.8 Å². The Hall–Kier alpha value is -1.02. The first-order valence-corrected chi connectivity index (χ1v) is 7.17. The number of aliphatic hydroxyl groups excluding tert-OH is 1. The Labute approximate surface area is 110 Å². The highest BCUT2D eigenvalue weighted by atomic mass is 16.5. The van der Waals surface area contributed by atoms with Gasteiger partial charge in [-0.2, -0.15) is 0 Å². The van der Waals surface area contributed by atoms with Crippen LogP contribution >= 0.6 is 0 Å². The average Bonchev–Trinajstić information content (AvgIpc) is 2.90. The molecule has 1 aromatic rings. The molecule has 0 bridgehead atoms. The second-order valence-electron chi connectivity index (χ2n) is 5.38. The number of hydrogen-bond donors (Lipinski definition) is 1. The highest BCUT2D eigenvalue weighted by Crippen LogP contribution is 2.26. The smallest absolute Gasteiger partial charge is 0.119 e. The van der Waals surface area contributed by atoms with Crippen LogP contribution < -0.4 is 4.74 Å². The van der Waals surface area contributed by atoms with Crippen LogP contribution in [0.1, 0.15) is 44.6 Å². The van der Waals surface area contributed by atoms with Gasteiger partial charge in [0.15, 0.2) is 0 Å². The molecule has 100 valence electrons. The van der Waals surface area contributed by atoms with Gasteiger partial charge in [-0.05, 0) is 49.3 Å². The Morgan fingerprint density at radius 3 is 2.83 bits per heavy atom. The Morgan fingerprint density at radius 1 is 1.33 bits per heavy atom. The van der Waals surface area contributed by atoms with Crippen molar-refractivity contribution in [1.29, 1.82) is 0 Å². The first-order valence-electron chi connectivity index (χ1n) is 7.17.